The normalized spacial score (nSPS) is 15.0. The summed E-state index contributed by atoms with van der Waals surface area (Å²) in [5, 5.41) is 2.50. The molecule has 1 atom stereocenters. The van der Waals surface area contributed by atoms with Crippen molar-refractivity contribution in [3.63, 3.8) is 0 Å². The lowest BCUT2D eigenvalue weighted by molar-refractivity contribution is 0.660. The average Bonchev–Trinajstić information content (AvgIpc) is 4.02. The van der Waals surface area contributed by atoms with E-state index in [1.54, 1.807) is 0 Å². The van der Waals surface area contributed by atoms with Crippen LogP contribution in [0.1, 0.15) is 47.2 Å². The summed E-state index contributed by atoms with van der Waals surface area (Å²) < 4.78 is 2.45. The zero-order chi connectivity index (χ0) is 48.0. The van der Waals surface area contributed by atoms with Crippen LogP contribution in [0.25, 0.3) is 72.0 Å². The number of hydrogen-bond donors (Lipinski definition) is 0. The van der Waals surface area contributed by atoms with E-state index in [-0.39, 0.29) is 5.41 Å². The van der Waals surface area contributed by atoms with E-state index < -0.39 is 5.41 Å². The van der Waals surface area contributed by atoms with Crippen LogP contribution in [0.5, 0.6) is 0 Å². The molecule has 0 saturated heterocycles. The molecule has 0 saturated carbocycles. The van der Waals surface area contributed by atoms with Gasteiger partial charge in [0.1, 0.15) is 0 Å². The number of anilines is 3. The summed E-state index contributed by atoms with van der Waals surface area (Å²) in [4.78, 5) is 2.49. The Morgan fingerprint density at radius 1 is 0.306 bits per heavy atom. The third-order valence-corrected chi connectivity index (χ3v) is 15.9. The van der Waals surface area contributed by atoms with Crippen molar-refractivity contribution in [3.8, 4) is 50.2 Å². The van der Waals surface area contributed by atoms with Gasteiger partial charge in [-0.05, 0) is 139 Å². The zero-order valence-corrected chi connectivity index (χ0v) is 40.3. The summed E-state index contributed by atoms with van der Waals surface area (Å²) in [6.45, 7) is 4.75. The highest BCUT2D eigenvalue weighted by Gasteiger charge is 2.47. The van der Waals surface area contributed by atoms with Gasteiger partial charge in [0.05, 0.1) is 16.4 Å². The van der Waals surface area contributed by atoms with E-state index in [0.29, 0.717) is 0 Å². The van der Waals surface area contributed by atoms with E-state index in [1.165, 1.54) is 99.7 Å². The van der Waals surface area contributed by atoms with Crippen molar-refractivity contribution in [1.82, 2.24) is 4.57 Å². The number of para-hydroxylation sites is 2. The minimum Gasteiger partial charge on any atom is -0.310 e. The van der Waals surface area contributed by atoms with Gasteiger partial charge in [0, 0.05) is 38.9 Å². The molecule has 2 aliphatic rings. The molecule has 2 nitrogen and oxygen atoms in total. The summed E-state index contributed by atoms with van der Waals surface area (Å²) >= 11 is 0. The van der Waals surface area contributed by atoms with Crippen molar-refractivity contribution in [2.45, 2.75) is 24.7 Å². The standard InChI is InChI=1S/C70H50N2/c1-69(2)63-31-13-9-27-57(63)59-41-39-55(45-65(59)69)71(53-25-17-23-50(43-53)48-21-7-4-8-22-48)56-40-42-60-58-28-10-14-32-64(58)70(66(60)46-56,51-37-35-49(36-38-51)47-19-5-3-6-20-47)52-24-18-26-54(44-52)72-67-33-15-11-29-61(67)62-30-12-16-34-68(62)72/h3-46H,1-2H3. The predicted molar refractivity (Wildman–Crippen MR) is 301 cm³/mol. The van der Waals surface area contributed by atoms with E-state index in [2.05, 4.69) is 290 Å². The Bertz CT molecular complexity index is 4010. The molecule has 0 fully saturated rings. The van der Waals surface area contributed by atoms with Gasteiger partial charge in [0.15, 0.2) is 0 Å². The van der Waals surface area contributed by atoms with E-state index in [1.807, 2.05) is 0 Å². The minimum atomic E-state index is -0.689. The molecular formula is C70H50N2. The maximum Gasteiger partial charge on any atom is 0.0715 e. The summed E-state index contributed by atoms with van der Waals surface area (Å²) in [5.74, 6) is 0. The van der Waals surface area contributed by atoms with Gasteiger partial charge >= 0.3 is 0 Å². The van der Waals surface area contributed by atoms with Gasteiger partial charge in [0.25, 0.3) is 0 Å². The third kappa shape index (κ3) is 6.28. The van der Waals surface area contributed by atoms with Crippen molar-refractivity contribution in [2.24, 2.45) is 0 Å². The molecule has 12 aromatic rings. The van der Waals surface area contributed by atoms with E-state index in [4.69, 9.17) is 0 Å². The molecule has 2 heteroatoms. The molecule has 0 spiro atoms. The lowest BCUT2D eigenvalue weighted by atomic mass is 9.67. The second-order valence-corrected chi connectivity index (χ2v) is 20.0. The topological polar surface area (TPSA) is 8.17 Å². The Morgan fingerprint density at radius 2 is 0.792 bits per heavy atom. The molecule has 0 bridgehead atoms. The number of fused-ring (bicyclic) bond motifs is 9. The first kappa shape index (κ1) is 41.9. The second-order valence-electron chi connectivity index (χ2n) is 20.0. The Labute approximate surface area is 421 Å². The number of aromatic nitrogens is 1. The van der Waals surface area contributed by atoms with Gasteiger partial charge in [-0.2, -0.15) is 0 Å². The van der Waals surface area contributed by atoms with Gasteiger partial charge in [-0.15, -0.1) is 0 Å². The van der Waals surface area contributed by atoms with Crippen molar-refractivity contribution in [2.75, 3.05) is 4.90 Å². The second kappa shape index (κ2) is 16.3. The zero-order valence-electron chi connectivity index (χ0n) is 40.3. The molecule has 0 amide bonds. The van der Waals surface area contributed by atoms with Gasteiger partial charge in [-0.1, -0.05) is 220 Å². The Kier molecular flexibility index (Phi) is 9.50. The van der Waals surface area contributed by atoms with Crippen LogP contribution in [0, 0.1) is 0 Å². The van der Waals surface area contributed by atoms with Crippen molar-refractivity contribution in [1.29, 1.82) is 0 Å². The molecule has 0 aliphatic heterocycles. The smallest absolute Gasteiger partial charge is 0.0715 e. The lowest BCUT2D eigenvalue weighted by Crippen LogP contribution is -2.29. The fourth-order valence-corrected chi connectivity index (χ4v) is 12.6. The molecule has 1 unspecified atom stereocenters. The molecule has 340 valence electrons. The summed E-state index contributed by atoms with van der Waals surface area (Å²) in [5.41, 5.74) is 23.6. The Morgan fingerprint density at radius 3 is 1.47 bits per heavy atom. The van der Waals surface area contributed by atoms with Crippen LogP contribution >= 0.6 is 0 Å². The van der Waals surface area contributed by atoms with E-state index in [0.717, 1.165) is 22.7 Å². The Hall–Kier alpha value is -8.98. The number of nitrogens with zero attached hydrogens (tertiary/aromatic N) is 2. The van der Waals surface area contributed by atoms with Gasteiger partial charge in [-0.25, -0.2) is 0 Å². The molecule has 72 heavy (non-hydrogen) atoms. The fraction of sp³-hybridized carbons (Fsp3) is 0.0571. The maximum absolute atomic E-state index is 2.51. The molecule has 2 aliphatic carbocycles. The summed E-state index contributed by atoms with van der Waals surface area (Å²) in [6.07, 6.45) is 0. The molecule has 14 rings (SSSR count). The van der Waals surface area contributed by atoms with Gasteiger partial charge < -0.3 is 9.47 Å². The predicted octanol–water partition coefficient (Wildman–Crippen LogP) is 18.3. The number of benzene rings is 11. The summed E-state index contributed by atoms with van der Waals surface area (Å²) in [6, 6.07) is 99.4. The maximum atomic E-state index is 2.51. The number of rotatable bonds is 8. The van der Waals surface area contributed by atoms with Crippen molar-refractivity contribution >= 4 is 38.9 Å². The van der Waals surface area contributed by atoms with Crippen LogP contribution in [0.15, 0.2) is 267 Å². The molecular weight excluding hydrogens is 869 g/mol. The van der Waals surface area contributed by atoms with E-state index in [9.17, 15) is 0 Å². The molecule has 1 aromatic heterocycles. The highest BCUT2D eigenvalue weighted by atomic mass is 15.1. The average molecular weight is 919 g/mol. The van der Waals surface area contributed by atoms with Crippen LogP contribution in [-0.4, -0.2) is 4.57 Å². The first-order valence-electron chi connectivity index (χ1n) is 25.2. The highest BCUT2D eigenvalue weighted by molar-refractivity contribution is 6.09. The third-order valence-electron chi connectivity index (χ3n) is 15.9. The SMILES string of the molecule is CC1(C)c2ccccc2-c2ccc(N(c3cccc(-c4ccccc4)c3)c3ccc4c(c3)C(c3ccc(-c5ccccc5)cc3)(c3cccc(-n5c6ccccc6c6ccccc65)c3)c3ccccc3-4)cc21. The van der Waals surface area contributed by atoms with Gasteiger partial charge in [0.2, 0.25) is 0 Å². The number of hydrogen-bond acceptors (Lipinski definition) is 1. The fourth-order valence-electron chi connectivity index (χ4n) is 12.6. The van der Waals surface area contributed by atoms with Crippen LogP contribution in [-0.2, 0) is 10.8 Å². The quantitative estimate of drug-likeness (QED) is 0.147. The largest absolute Gasteiger partial charge is 0.310 e. The summed E-state index contributed by atoms with van der Waals surface area (Å²) in [7, 11) is 0. The van der Waals surface area contributed by atoms with Crippen molar-refractivity contribution in [3.05, 3.63) is 300 Å². The van der Waals surface area contributed by atoms with Crippen LogP contribution in [0.4, 0.5) is 17.1 Å². The molecule has 0 radical (unpaired) electrons. The van der Waals surface area contributed by atoms with Crippen molar-refractivity contribution < 1.29 is 0 Å². The minimum absolute atomic E-state index is 0.165. The first-order chi connectivity index (χ1) is 35.5. The lowest BCUT2D eigenvalue weighted by Gasteiger charge is -2.35. The van der Waals surface area contributed by atoms with Crippen LogP contribution < -0.4 is 4.90 Å². The molecule has 11 aromatic carbocycles. The van der Waals surface area contributed by atoms with Gasteiger partial charge in [-0.3, -0.25) is 0 Å². The monoisotopic (exact) mass is 918 g/mol. The van der Waals surface area contributed by atoms with E-state index >= 15 is 0 Å². The first-order valence-corrected chi connectivity index (χ1v) is 25.2. The van der Waals surface area contributed by atoms with Crippen LogP contribution in [0.2, 0.25) is 0 Å². The van der Waals surface area contributed by atoms with Crippen LogP contribution in [0.3, 0.4) is 0 Å². The Balaban J connectivity index is 1.03. The molecule has 1 heterocycles. The highest BCUT2D eigenvalue weighted by Crippen LogP contribution is 2.58. The molecule has 0 N–H and O–H groups in total.